The van der Waals surface area contributed by atoms with Gasteiger partial charge in [-0.15, -0.1) is 11.8 Å². The number of nitrogens with one attached hydrogen (secondary N) is 1. The first-order valence-corrected chi connectivity index (χ1v) is 15.8. The molecule has 40 heavy (non-hydrogen) atoms. The zero-order chi connectivity index (χ0) is 28.7. The number of aromatic nitrogens is 2. The van der Waals surface area contributed by atoms with Crippen LogP contribution in [0.1, 0.15) is 39.3 Å². The van der Waals surface area contributed by atoms with Crippen molar-refractivity contribution in [3.8, 4) is 5.75 Å². The summed E-state index contributed by atoms with van der Waals surface area (Å²) >= 11 is 1.32. The Morgan fingerprint density at radius 2 is 2.02 bits per heavy atom. The Kier molecular flexibility index (Phi) is 10.6. The molecular formula is C25H35FN5O7PS. The Morgan fingerprint density at radius 3 is 2.70 bits per heavy atom. The molecule has 220 valence electrons. The van der Waals surface area contributed by atoms with E-state index in [1.54, 1.807) is 18.5 Å². The van der Waals surface area contributed by atoms with Gasteiger partial charge in [0.2, 0.25) is 0 Å². The third kappa shape index (κ3) is 7.62. The molecule has 1 unspecified atom stereocenters. The number of benzene rings is 1. The van der Waals surface area contributed by atoms with Crippen molar-refractivity contribution in [2.75, 3.05) is 37.8 Å². The fourth-order valence-electron chi connectivity index (χ4n) is 4.37. The second-order valence-corrected chi connectivity index (χ2v) is 12.6. The van der Waals surface area contributed by atoms with Gasteiger partial charge in [0, 0.05) is 18.8 Å². The maximum Gasteiger partial charge on any atom is 0.351 e. The quantitative estimate of drug-likeness (QED) is 0.273. The molecule has 2 fully saturated rings. The molecule has 0 amide bonds. The molecule has 0 aliphatic carbocycles. The van der Waals surface area contributed by atoms with Crippen LogP contribution in [0.5, 0.6) is 5.75 Å². The molecule has 12 nitrogen and oxygen atoms in total. The lowest BCUT2D eigenvalue weighted by Crippen LogP contribution is -2.44. The minimum absolute atomic E-state index is 0.0548. The Morgan fingerprint density at radius 1 is 1.30 bits per heavy atom. The van der Waals surface area contributed by atoms with E-state index in [-0.39, 0.29) is 19.3 Å². The van der Waals surface area contributed by atoms with Crippen molar-refractivity contribution in [1.82, 2.24) is 19.3 Å². The minimum Gasteiger partial charge on any atom is -0.490 e. The number of hydrogen-bond acceptors (Lipinski definition) is 10. The first-order chi connectivity index (χ1) is 19.2. The summed E-state index contributed by atoms with van der Waals surface area (Å²) in [4.78, 5) is 28.2. The molecule has 2 aliphatic rings. The van der Waals surface area contributed by atoms with Crippen LogP contribution in [0, 0.1) is 5.82 Å². The molecule has 1 aromatic carbocycles. The van der Waals surface area contributed by atoms with Crippen LogP contribution in [-0.4, -0.2) is 69.8 Å². The van der Waals surface area contributed by atoms with E-state index in [1.165, 1.54) is 11.8 Å². The van der Waals surface area contributed by atoms with E-state index in [0.717, 1.165) is 16.5 Å². The monoisotopic (exact) mass is 599 g/mol. The zero-order valence-electron chi connectivity index (χ0n) is 22.4. The van der Waals surface area contributed by atoms with Gasteiger partial charge in [-0.3, -0.25) is 13.9 Å². The summed E-state index contributed by atoms with van der Waals surface area (Å²) in [6.07, 6.45) is 1.66. The molecule has 15 heteroatoms. The summed E-state index contributed by atoms with van der Waals surface area (Å²) in [5.74, 6) is -0.735. The van der Waals surface area contributed by atoms with Crippen molar-refractivity contribution in [1.29, 1.82) is 0 Å². The summed E-state index contributed by atoms with van der Waals surface area (Å²) in [6, 6.07) is 8.67. The van der Waals surface area contributed by atoms with Gasteiger partial charge in [-0.1, -0.05) is 25.1 Å². The molecule has 0 saturated carbocycles. The normalized spacial score (nSPS) is 22.5. The zero-order valence-corrected chi connectivity index (χ0v) is 24.2. The van der Waals surface area contributed by atoms with E-state index < -0.39 is 48.7 Å². The van der Waals surface area contributed by atoms with Gasteiger partial charge in [0.15, 0.2) is 11.6 Å². The third-order valence-corrected chi connectivity index (χ3v) is 9.88. The molecule has 3 N–H and O–H groups in total. The van der Waals surface area contributed by atoms with Crippen molar-refractivity contribution < 1.29 is 32.5 Å². The van der Waals surface area contributed by atoms with Gasteiger partial charge in [-0.2, -0.15) is 4.98 Å². The number of carbonyl (C=O) groups excluding carboxylic acids is 1. The lowest BCUT2D eigenvalue weighted by molar-refractivity contribution is -0.145. The van der Waals surface area contributed by atoms with Gasteiger partial charge in [-0.05, 0) is 38.3 Å². The average molecular weight is 600 g/mol. The van der Waals surface area contributed by atoms with Crippen molar-refractivity contribution in [2.45, 2.75) is 56.9 Å². The standard InChI is InChI=1S/C25H35FN5O7PS/c1-3-20(24(32)35-4-2)29-39(34,30-12-10-18(11-13-30)37-17-8-6-5-7-9-17)36-15-22-38-21(16-40-22)31-14-19(26)23(27)28-25(31)33/h5-9,14,18,20-22H,3-4,10-13,15-16H2,1-2H3,(H,29,34)(H2,27,28,33)/t20-,21-,22+,39?/m0/s1. The van der Waals surface area contributed by atoms with Crippen molar-refractivity contribution in [2.24, 2.45) is 0 Å². The Labute approximate surface area is 236 Å². The Balaban J connectivity index is 1.42. The van der Waals surface area contributed by atoms with Crippen LogP contribution < -0.4 is 21.2 Å². The number of para-hydroxylation sites is 1. The first kappa shape index (κ1) is 30.5. The minimum atomic E-state index is -3.75. The van der Waals surface area contributed by atoms with E-state index in [4.69, 9.17) is 24.5 Å². The van der Waals surface area contributed by atoms with Gasteiger partial charge in [0.1, 0.15) is 29.6 Å². The number of nitrogens with zero attached hydrogens (tertiary/aromatic N) is 3. The van der Waals surface area contributed by atoms with Crippen LogP contribution in [0.25, 0.3) is 0 Å². The number of hydrogen-bond donors (Lipinski definition) is 2. The second kappa shape index (κ2) is 13.9. The number of nitrogen functional groups attached to an aromatic ring is 1. The Bertz CT molecular complexity index is 1250. The molecule has 3 heterocycles. The number of esters is 1. The van der Waals surface area contributed by atoms with E-state index in [0.29, 0.717) is 38.1 Å². The van der Waals surface area contributed by atoms with Gasteiger partial charge < -0.3 is 24.5 Å². The number of nitrogens with two attached hydrogens (primary N) is 1. The van der Waals surface area contributed by atoms with Crippen LogP contribution in [0.2, 0.25) is 0 Å². The van der Waals surface area contributed by atoms with E-state index >= 15 is 0 Å². The van der Waals surface area contributed by atoms with Gasteiger partial charge >= 0.3 is 19.3 Å². The number of thioether (sulfide) groups is 1. The number of anilines is 1. The molecule has 0 spiro atoms. The molecule has 2 aliphatic heterocycles. The van der Waals surface area contributed by atoms with Gasteiger partial charge in [0.25, 0.3) is 0 Å². The first-order valence-electron chi connectivity index (χ1n) is 13.2. The topological polar surface area (TPSA) is 147 Å². The number of carbonyl (C=O) groups is 1. The second-order valence-electron chi connectivity index (χ2n) is 9.26. The maximum absolute atomic E-state index is 14.3. The average Bonchev–Trinajstić information content (AvgIpc) is 3.42. The fourth-order valence-corrected chi connectivity index (χ4v) is 7.64. The van der Waals surface area contributed by atoms with Crippen LogP contribution in [0.4, 0.5) is 10.2 Å². The van der Waals surface area contributed by atoms with E-state index in [2.05, 4.69) is 10.1 Å². The summed E-state index contributed by atoms with van der Waals surface area (Å²) in [5, 5.41) is 2.94. The molecular weight excluding hydrogens is 564 g/mol. The Hall–Kier alpha value is -2.48. The van der Waals surface area contributed by atoms with Gasteiger partial charge in [0.05, 0.1) is 19.4 Å². The smallest absolute Gasteiger partial charge is 0.351 e. The SMILES string of the molecule is CCOC(=O)[C@H](CC)NP(=O)(OC[C@@H]1O[C@H](n2cc(F)c(N)nc2=O)CS1)N1CCC(Oc2ccccc2)CC1. The van der Waals surface area contributed by atoms with E-state index in [1.807, 2.05) is 30.3 Å². The predicted molar refractivity (Wildman–Crippen MR) is 148 cm³/mol. The summed E-state index contributed by atoms with van der Waals surface area (Å²) in [5.41, 5.74) is 4.03. The molecule has 0 bridgehead atoms. The van der Waals surface area contributed by atoms with Gasteiger partial charge in [-0.25, -0.2) is 18.9 Å². The van der Waals surface area contributed by atoms with E-state index in [9.17, 15) is 18.5 Å². The number of ether oxygens (including phenoxy) is 3. The highest BCUT2D eigenvalue weighted by Gasteiger charge is 2.40. The maximum atomic E-state index is 14.3. The van der Waals surface area contributed by atoms with Crippen molar-refractivity contribution in [3.05, 3.63) is 52.8 Å². The molecule has 2 aromatic rings. The highest BCUT2D eigenvalue weighted by Crippen LogP contribution is 2.50. The summed E-state index contributed by atoms with van der Waals surface area (Å²) in [7, 11) is -3.75. The third-order valence-electron chi connectivity index (χ3n) is 6.50. The van der Waals surface area contributed by atoms with Crippen LogP contribution in [0.3, 0.4) is 0 Å². The lowest BCUT2D eigenvalue weighted by Gasteiger charge is -2.38. The molecule has 0 radical (unpaired) electrons. The van der Waals surface area contributed by atoms with Crippen LogP contribution in [0.15, 0.2) is 41.3 Å². The molecule has 1 aromatic heterocycles. The molecule has 4 rings (SSSR count). The highest BCUT2D eigenvalue weighted by atomic mass is 32.2. The molecule has 4 atom stereocenters. The predicted octanol–water partition coefficient (Wildman–Crippen LogP) is 3.15. The lowest BCUT2D eigenvalue weighted by atomic mass is 10.1. The summed E-state index contributed by atoms with van der Waals surface area (Å²) in [6.45, 7) is 4.40. The number of rotatable bonds is 12. The number of piperidine rings is 1. The number of halogens is 1. The van der Waals surface area contributed by atoms with Crippen LogP contribution in [-0.2, 0) is 23.4 Å². The summed E-state index contributed by atoms with van der Waals surface area (Å²) < 4.78 is 54.1. The fraction of sp³-hybridized carbons (Fsp3) is 0.560. The van der Waals surface area contributed by atoms with Crippen molar-refractivity contribution >= 4 is 31.2 Å². The highest BCUT2D eigenvalue weighted by molar-refractivity contribution is 8.00. The van der Waals surface area contributed by atoms with Crippen LogP contribution >= 0.6 is 19.4 Å². The molecule has 2 saturated heterocycles. The van der Waals surface area contributed by atoms with Crippen molar-refractivity contribution in [3.63, 3.8) is 0 Å². The largest absolute Gasteiger partial charge is 0.490 e.